The molecule has 0 bridgehead atoms. The van der Waals surface area contributed by atoms with E-state index in [2.05, 4.69) is 11.7 Å². The molecule has 0 radical (unpaired) electrons. The van der Waals surface area contributed by atoms with Gasteiger partial charge in [0.05, 0.1) is 25.7 Å². The van der Waals surface area contributed by atoms with Crippen LogP contribution in [-0.4, -0.2) is 32.2 Å². The molecular weight excluding hydrogens is 598 g/mol. The third kappa shape index (κ3) is 8.88. The van der Waals surface area contributed by atoms with Gasteiger partial charge in [0.1, 0.15) is 5.75 Å². The molecule has 0 atom stereocenters. The lowest BCUT2D eigenvalue weighted by Gasteiger charge is -2.37. The highest BCUT2D eigenvalue weighted by molar-refractivity contribution is 5.31. The second-order valence-corrected chi connectivity index (χ2v) is 13.1. The van der Waals surface area contributed by atoms with Gasteiger partial charge in [0.15, 0.2) is 35.3 Å². The van der Waals surface area contributed by atoms with Crippen LogP contribution in [0.2, 0.25) is 0 Å². The van der Waals surface area contributed by atoms with E-state index >= 15 is 4.39 Å². The minimum absolute atomic E-state index is 0.0528. The summed E-state index contributed by atoms with van der Waals surface area (Å²) in [6, 6.07) is 5.92. The van der Waals surface area contributed by atoms with E-state index in [9.17, 15) is 22.0 Å². The number of alkyl halides is 2. The van der Waals surface area contributed by atoms with Crippen molar-refractivity contribution in [3.63, 3.8) is 0 Å². The molecule has 0 N–H and O–H groups in total. The molecule has 1 saturated heterocycles. The fourth-order valence-corrected chi connectivity index (χ4v) is 7.00. The van der Waals surface area contributed by atoms with E-state index in [4.69, 9.17) is 14.2 Å². The molecule has 0 spiro atoms. The maximum Gasteiger partial charge on any atom is 0.400 e. The van der Waals surface area contributed by atoms with Crippen molar-refractivity contribution in [3.8, 4) is 11.5 Å². The molecule has 3 aliphatic rings. The molecule has 250 valence electrons. The molecule has 4 nitrogen and oxygen atoms in total. The molecule has 2 saturated carbocycles. The molecule has 3 fully saturated rings. The van der Waals surface area contributed by atoms with Crippen molar-refractivity contribution in [3.05, 3.63) is 59.2 Å². The third-order valence-corrected chi connectivity index (χ3v) is 9.80. The van der Waals surface area contributed by atoms with Crippen LogP contribution in [0.25, 0.3) is 0 Å². The third-order valence-electron chi connectivity index (χ3n) is 9.80. The molecule has 5 rings (SSSR count). The number of rotatable bonds is 12. The van der Waals surface area contributed by atoms with Gasteiger partial charge >= 0.3 is 6.11 Å². The first-order chi connectivity index (χ1) is 21.6. The van der Waals surface area contributed by atoms with Gasteiger partial charge in [-0.3, -0.25) is 0 Å². The first-order valence-electron chi connectivity index (χ1n) is 16.5. The summed E-state index contributed by atoms with van der Waals surface area (Å²) >= 11 is 0. The Morgan fingerprint density at radius 3 is 2.07 bits per heavy atom. The van der Waals surface area contributed by atoms with Crippen LogP contribution in [0.3, 0.4) is 0 Å². The highest BCUT2D eigenvalue weighted by Gasteiger charge is 2.44. The number of hydrogen-bond acceptors (Lipinski definition) is 4. The van der Waals surface area contributed by atoms with Crippen LogP contribution in [0.4, 0.5) is 26.3 Å². The van der Waals surface area contributed by atoms with E-state index in [1.807, 2.05) is 6.07 Å². The normalized spacial score (nSPS) is 27.7. The maximum atomic E-state index is 15.0. The van der Waals surface area contributed by atoms with E-state index in [0.29, 0.717) is 36.8 Å². The fourth-order valence-electron chi connectivity index (χ4n) is 7.00. The van der Waals surface area contributed by atoms with Crippen LogP contribution < -0.4 is 9.47 Å². The average Bonchev–Trinajstić information content (AvgIpc) is 3.03. The lowest BCUT2D eigenvalue weighted by Crippen LogP contribution is -2.38. The Kier molecular flexibility index (Phi) is 11.6. The smallest absolute Gasteiger partial charge is 0.400 e. The van der Waals surface area contributed by atoms with Crippen molar-refractivity contribution in [2.45, 2.75) is 102 Å². The SMILES string of the molecule is CCCCCC1COC(C2CCC(c3ccc(OCC4CCC(C(F)(F)Oc5cc(F)c(F)c(F)c5)CC4)c(F)c3)CC2)OC1. The zero-order valence-electron chi connectivity index (χ0n) is 25.9. The van der Waals surface area contributed by atoms with Gasteiger partial charge in [-0.15, -0.1) is 0 Å². The molecule has 0 amide bonds. The van der Waals surface area contributed by atoms with Gasteiger partial charge in [-0.2, -0.15) is 8.78 Å². The Morgan fingerprint density at radius 1 is 0.778 bits per heavy atom. The summed E-state index contributed by atoms with van der Waals surface area (Å²) in [5.74, 6) is -6.13. The molecule has 2 aliphatic carbocycles. The second kappa shape index (κ2) is 15.4. The van der Waals surface area contributed by atoms with E-state index in [0.717, 1.165) is 50.9 Å². The minimum atomic E-state index is -3.68. The summed E-state index contributed by atoms with van der Waals surface area (Å²) in [6.45, 7) is 3.93. The summed E-state index contributed by atoms with van der Waals surface area (Å²) in [5.41, 5.74) is 0.948. The van der Waals surface area contributed by atoms with Crippen LogP contribution in [-0.2, 0) is 9.47 Å². The topological polar surface area (TPSA) is 36.9 Å². The molecule has 2 aromatic rings. The predicted octanol–water partition coefficient (Wildman–Crippen LogP) is 9.94. The number of hydrogen-bond donors (Lipinski definition) is 0. The lowest BCUT2D eigenvalue weighted by atomic mass is 9.78. The number of ether oxygens (including phenoxy) is 4. The monoisotopic (exact) mass is 642 g/mol. The molecule has 1 heterocycles. The van der Waals surface area contributed by atoms with E-state index in [1.54, 1.807) is 12.1 Å². The predicted molar refractivity (Wildman–Crippen MR) is 157 cm³/mol. The summed E-state index contributed by atoms with van der Waals surface area (Å²) in [5, 5.41) is 0. The highest BCUT2D eigenvalue weighted by atomic mass is 19.3. The van der Waals surface area contributed by atoms with Gasteiger partial charge in [0.2, 0.25) is 0 Å². The summed E-state index contributed by atoms with van der Waals surface area (Å²) < 4.78 is 107. The van der Waals surface area contributed by atoms with Crippen molar-refractivity contribution in [1.82, 2.24) is 0 Å². The lowest BCUT2D eigenvalue weighted by molar-refractivity contribution is -0.229. The van der Waals surface area contributed by atoms with Crippen molar-refractivity contribution in [2.24, 2.45) is 23.7 Å². The standard InChI is InChI=1S/C35H44F6O4/c1-2-3-4-5-23-20-43-34(44-21-23)25-10-8-24(9-11-25)26-12-15-32(29(36)16-26)42-19-22-6-13-27(14-7-22)35(40,41)45-28-17-30(37)33(39)31(38)18-28/h12,15-18,22-25,27,34H,2-11,13-14,19-21H2,1H3. The van der Waals surface area contributed by atoms with Crippen molar-refractivity contribution >= 4 is 0 Å². The van der Waals surface area contributed by atoms with Crippen LogP contribution in [0, 0.1) is 46.9 Å². The maximum absolute atomic E-state index is 15.0. The first-order valence-corrected chi connectivity index (χ1v) is 16.5. The summed E-state index contributed by atoms with van der Waals surface area (Å²) in [4.78, 5) is 0. The van der Waals surface area contributed by atoms with Crippen LogP contribution in [0.1, 0.15) is 95.5 Å². The van der Waals surface area contributed by atoms with E-state index in [-0.39, 0.29) is 43.3 Å². The van der Waals surface area contributed by atoms with Gasteiger partial charge < -0.3 is 18.9 Å². The molecule has 45 heavy (non-hydrogen) atoms. The molecular formula is C35H44F6O4. The van der Waals surface area contributed by atoms with Crippen LogP contribution >= 0.6 is 0 Å². The van der Waals surface area contributed by atoms with Gasteiger partial charge in [0, 0.05) is 24.0 Å². The van der Waals surface area contributed by atoms with Gasteiger partial charge in [-0.1, -0.05) is 32.3 Å². The Bertz CT molecular complexity index is 1210. The van der Waals surface area contributed by atoms with E-state index < -0.39 is 41.0 Å². The molecule has 0 unspecified atom stereocenters. The van der Waals surface area contributed by atoms with Crippen LogP contribution in [0.15, 0.2) is 30.3 Å². The Labute approximate surface area is 261 Å². The minimum Gasteiger partial charge on any atom is -0.490 e. The van der Waals surface area contributed by atoms with Gasteiger partial charge in [0.25, 0.3) is 0 Å². The summed E-state index contributed by atoms with van der Waals surface area (Å²) in [6.07, 6.45) is 5.81. The van der Waals surface area contributed by atoms with E-state index in [1.165, 1.54) is 19.3 Å². The quantitative estimate of drug-likeness (QED) is 0.131. The Hall–Kier alpha value is -2.46. The zero-order valence-corrected chi connectivity index (χ0v) is 25.9. The molecule has 0 aromatic heterocycles. The van der Waals surface area contributed by atoms with Crippen LogP contribution in [0.5, 0.6) is 11.5 Å². The second-order valence-electron chi connectivity index (χ2n) is 13.1. The van der Waals surface area contributed by atoms with Gasteiger partial charge in [-0.25, -0.2) is 17.6 Å². The van der Waals surface area contributed by atoms with Crippen molar-refractivity contribution in [1.29, 1.82) is 0 Å². The van der Waals surface area contributed by atoms with Gasteiger partial charge in [-0.05, 0) is 87.3 Å². The van der Waals surface area contributed by atoms with Crippen molar-refractivity contribution < 1.29 is 45.3 Å². The number of unbranched alkanes of at least 4 members (excludes halogenated alkanes) is 2. The highest BCUT2D eigenvalue weighted by Crippen LogP contribution is 2.42. The number of benzene rings is 2. The Morgan fingerprint density at radius 2 is 1.44 bits per heavy atom. The molecule has 1 aliphatic heterocycles. The first kappa shape index (κ1) is 33.9. The molecule has 10 heteroatoms. The Balaban J connectivity index is 1.03. The average molecular weight is 643 g/mol. The summed E-state index contributed by atoms with van der Waals surface area (Å²) in [7, 11) is 0. The largest absolute Gasteiger partial charge is 0.490 e. The molecule has 2 aromatic carbocycles. The number of halogens is 6. The van der Waals surface area contributed by atoms with Crippen molar-refractivity contribution in [2.75, 3.05) is 19.8 Å². The fraction of sp³-hybridized carbons (Fsp3) is 0.657. The zero-order chi connectivity index (χ0) is 32.0.